The predicted octanol–water partition coefficient (Wildman–Crippen LogP) is 22.1. The molecule has 2 aliphatic rings. The molecule has 5 heterocycles. The second-order valence-electron chi connectivity index (χ2n) is 32.5. The molecule has 0 aliphatic carbocycles. The van der Waals surface area contributed by atoms with Crippen LogP contribution in [0.15, 0.2) is 140 Å². The minimum absolute atomic E-state index is 0.154. The Morgan fingerprint density at radius 1 is 0.361 bits per heavy atom. The van der Waals surface area contributed by atoms with E-state index in [9.17, 15) is 4.79 Å². The SMILES string of the molecule is COC(=O)c1cc(-c2c3nc(c(-c4cc(C(C)(C)C)cc(C(C)(C)C)c4)c4ccc([nH]4)c(-c4cc(C(C)(C)C)cc(C(C)(C)C)c4)c4nc(c(-c5cc(C(C)(C)C)cc(C(C)(C)C)c5)c5ccc2[nH]5)C=C4)C=C3)cc(N(Cc2ccc(OC)cc2)Cc2ccc(OC)cc2)c1OC. The lowest BCUT2D eigenvalue weighted by Crippen LogP contribution is -2.23. The molecule has 97 heavy (non-hydrogen) atoms. The Balaban J connectivity index is 1.35. The number of carbonyl (C=O) groups excluding carboxylic acids is 1. The predicted molar refractivity (Wildman–Crippen MR) is 407 cm³/mol. The van der Waals surface area contributed by atoms with Crippen molar-refractivity contribution in [1.29, 1.82) is 0 Å². The van der Waals surface area contributed by atoms with E-state index in [1.54, 1.807) is 21.3 Å². The molecule has 502 valence electrons. The van der Waals surface area contributed by atoms with E-state index in [1.807, 2.05) is 30.3 Å². The van der Waals surface area contributed by atoms with Crippen molar-refractivity contribution < 1.29 is 23.7 Å². The largest absolute Gasteiger partial charge is 0.497 e. The van der Waals surface area contributed by atoms with Crippen LogP contribution in [0.4, 0.5) is 5.69 Å². The Hall–Kier alpha value is -9.41. The Morgan fingerprint density at radius 2 is 0.639 bits per heavy atom. The van der Waals surface area contributed by atoms with Crippen molar-refractivity contribution in [3.63, 3.8) is 0 Å². The number of esters is 1. The van der Waals surface area contributed by atoms with Crippen LogP contribution in [0.5, 0.6) is 17.2 Å². The molecule has 0 atom stereocenters. The van der Waals surface area contributed by atoms with Gasteiger partial charge in [-0.3, -0.25) is 0 Å². The number of rotatable bonds is 13. The number of methoxy groups -OCH3 is 4. The topological polar surface area (TPSA) is 115 Å². The van der Waals surface area contributed by atoms with Gasteiger partial charge in [0.25, 0.3) is 0 Å². The number of ether oxygens (including phenoxy) is 4. The van der Waals surface area contributed by atoms with Gasteiger partial charge in [0.1, 0.15) is 17.1 Å². The molecule has 0 saturated carbocycles. The van der Waals surface area contributed by atoms with Gasteiger partial charge in [0, 0.05) is 57.4 Å². The first kappa shape index (κ1) is 69.0. The summed E-state index contributed by atoms with van der Waals surface area (Å²) < 4.78 is 23.4. The third kappa shape index (κ3) is 14.5. The quantitative estimate of drug-likeness (QED) is 0.110. The lowest BCUT2D eigenvalue weighted by Gasteiger charge is -2.29. The van der Waals surface area contributed by atoms with Crippen molar-refractivity contribution in [2.45, 2.75) is 170 Å². The van der Waals surface area contributed by atoms with Gasteiger partial charge in [-0.2, -0.15) is 0 Å². The summed E-state index contributed by atoms with van der Waals surface area (Å²) in [6.45, 7) is 42.1. The molecular weight excluding hydrogens is 1190 g/mol. The summed E-state index contributed by atoms with van der Waals surface area (Å²) in [6, 6.07) is 50.3. The molecule has 0 fully saturated rings. The van der Waals surface area contributed by atoms with Crippen molar-refractivity contribution in [3.8, 4) is 61.8 Å². The number of aromatic nitrogens is 4. The minimum atomic E-state index is -0.546. The van der Waals surface area contributed by atoms with Crippen molar-refractivity contribution in [3.05, 3.63) is 212 Å². The van der Waals surface area contributed by atoms with Crippen LogP contribution in [0.25, 0.3) is 90.9 Å². The highest BCUT2D eigenvalue weighted by atomic mass is 16.5. The number of H-pyrrole nitrogens is 2. The lowest BCUT2D eigenvalue weighted by molar-refractivity contribution is 0.0597. The fraction of sp³-hybridized carbons (Fsp3) is 0.345. The molecule has 6 aromatic carbocycles. The van der Waals surface area contributed by atoms with Gasteiger partial charge in [-0.05, 0) is 184 Å². The van der Waals surface area contributed by atoms with Crippen molar-refractivity contribution in [2.24, 2.45) is 0 Å². The number of benzene rings is 6. The molecule has 8 bridgehead atoms. The fourth-order valence-corrected chi connectivity index (χ4v) is 12.9. The van der Waals surface area contributed by atoms with Gasteiger partial charge >= 0.3 is 5.97 Å². The summed E-state index contributed by atoms with van der Waals surface area (Å²) in [4.78, 5) is 36.9. The van der Waals surface area contributed by atoms with Crippen LogP contribution in [-0.4, -0.2) is 54.3 Å². The van der Waals surface area contributed by atoms with E-state index in [0.717, 1.165) is 101 Å². The van der Waals surface area contributed by atoms with Crippen LogP contribution < -0.4 is 19.1 Å². The van der Waals surface area contributed by atoms with E-state index >= 15 is 0 Å². The summed E-state index contributed by atoms with van der Waals surface area (Å²) in [6.07, 6.45) is 8.68. The maximum atomic E-state index is 14.7. The van der Waals surface area contributed by atoms with E-state index in [0.29, 0.717) is 35.8 Å². The molecule has 10 nitrogen and oxygen atoms in total. The molecule has 10 heteroatoms. The molecule has 3 aromatic heterocycles. The molecule has 0 radical (unpaired) electrons. The average Bonchev–Trinajstić information content (AvgIpc) is 0.896. The number of hydrogen-bond acceptors (Lipinski definition) is 8. The Bertz CT molecular complexity index is 4520. The second kappa shape index (κ2) is 25.9. The Labute approximate surface area is 576 Å². The first-order chi connectivity index (χ1) is 45.5. The van der Waals surface area contributed by atoms with Crippen LogP contribution in [0.2, 0.25) is 0 Å². The zero-order chi connectivity index (χ0) is 70.1. The van der Waals surface area contributed by atoms with Gasteiger partial charge in [0.05, 0.1) is 56.9 Å². The van der Waals surface area contributed by atoms with Gasteiger partial charge < -0.3 is 33.8 Å². The number of hydrogen-bond donors (Lipinski definition) is 2. The number of anilines is 1. The molecule has 0 amide bonds. The lowest BCUT2D eigenvalue weighted by atomic mass is 9.78. The maximum absolute atomic E-state index is 14.7. The third-order valence-corrected chi connectivity index (χ3v) is 19.0. The second-order valence-corrected chi connectivity index (χ2v) is 32.5. The highest BCUT2D eigenvalue weighted by Crippen LogP contribution is 2.46. The maximum Gasteiger partial charge on any atom is 0.341 e. The summed E-state index contributed by atoms with van der Waals surface area (Å²) in [5, 5.41) is 0. The van der Waals surface area contributed by atoms with Gasteiger partial charge in [-0.1, -0.05) is 203 Å². The number of fused-ring (bicyclic) bond motifs is 8. The zero-order valence-electron chi connectivity index (χ0n) is 61.4. The summed E-state index contributed by atoms with van der Waals surface area (Å²) in [7, 11) is 6.37. The summed E-state index contributed by atoms with van der Waals surface area (Å²) >= 11 is 0. The average molecular weight is 1290 g/mol. The van der Waals surface area contributed by atoms with E-state index in [-0.39, 0.29) is 38.1 Å². The van der Waals surface area contributed by atoms with Crippen LogP contribution in [0.1, 0.15) is 202 Å². The van der Waals surface area contributed by atoms with Crippen LogP contribution in [-0.2, 0) is 50.3 Å². The number of nitrogens with one attached hydrogen (secondary N) is 2. The number of carbonyl (C=O) groups is 1. The first-order valence-electron chi connectivity index (χ1n) is 34.0. The van der Waals surface area contributed by atoms with Gasteiger partial charge in [-0.15, -0.1) is 0 Å². The summed E-state index contributed by atoms with van der Waals surface area (Å²) in [5.41, 5.74) is 23.4. The Kier molecular flexibility index (Phi) is 18.4. The number of aromatic amines is 2. The summed E-state index contributed by atoms with van der Waals surface area (Å²) in [5.74, 6) is 1.33. The molecule has 0 saturated heterocycles. The smallest absolute Gasteiger partial charge is 0.341 e. The molecule has 11 rings (SSSR count). The van der Waals surface area contributed by atoms with E-state index in [4.69, 9.17) is 28.9 Å². The van der Waals surface area contributed by atoms with Crippen molar-refractivity contribution in [1.82, 2.24) is 19.9 Å². The van der Waals surface area contributed by atoms with Crippen LogP contribution in [0, 0.1) is 0 Å². The molecule has 0 unspecified atom stereocenters. The molecular formula is C87H99N5O5. The molecule has 9 aromatic rings. The van der Waals surface area contributed by atoms with E-state index in [1.165, 1.54) is 40.5 Å². The monoisotopic (exact) mass is 1290 g/mol. The molecule has 2 aliphatic heterocycles. The van der Waals surface area contributed by atoms with E-state index < -0.39 is 5.97 Å². The first-order valence-corrected chi connectivity index (χ1v) is 34.0. The molecule has 2 N–H and O–H groups in total. The van der Waals surface area contributed by atoms with Crippen LogP contribution >= 0.6 is 0 Å². The van der Waals surface area contributed by atoms with Crippen LogP contribution in [0.3, 0.4) is 0 Å². The molecule has 0 spiro atoms. The van der Waals surface area contributed by atoms with E-state index in [2.05, 4.69) is 273 Å². The van der Waals surface area contributed by atoms with Gasteiger partial charge in [0.15, 0.2) is 5.75 Å². The highest BCUT2D eigenvalue weighted by Gasteiger charge is 2.30. The fourth-order valence-electron chi connectivity index (χ4n) is 12.9. The Morgan fingerprint density at radius 3 is 0.887 bits per heavy atom. The van der Waals surface area contributed by atoms with Crippen molar-refractivity contribution in [2.75, 3.05) is 33.3 Å². The number of nitrogens with zero attached hydrogens (tertiary/aromatic N) is 3. The van der Waals surface area contributed by atoms with Gasteiger partial charge in [-0.25, -0.2) is 14.8 Å². The standard InChI is InChI=1S/C87H99N5O5/c1-82(2,3)58-39-54(40-59(47-58)83(4,5)6)76-67-31-33-69(88-67)77(55-41-60(84(7,8)9)48-61(42-55)85(10,11)12)71-35-37-73(90-71)79(74-38-36-72(91-74)78(70-34-32-68(76)89-70)56-43-62(86(13,14)15)49-63(44-56)87(16,17)18)57-45-66(81(93)97-22)80(96-21)75(46-57)92(50-52-23-27-64(94-19)28-24-52)51-53-25-29-65(95-20)30-26-53/h23-49,88,91H,50-51H2,1-22H3. The van der Waals surface area contributed by atoms with Crippen molar-refractivity contribution >= 4 is 58.0 Å². The highest BCUT2D eigenvalue weighted by molar-refractivity contribution is 6.03. The normalized spacial score (nSPS) is 12.9. The van der Waals surface area contributed by atoms with Gasteiger partial charge in [0.2, 0.25) is 0 Å². The minimum Gasteiger partial charge on any atom is -0.497 e. The third-order valence-electron chi connectivity index (χ3n) is 19.0. The zero-order valence-corrected chi connectivity index (χ0v) is 61.4.